The first-order valence-electron chi connectivity index (χ1n) is 7.61. The Morgan fingerprint density at radius 1 is 1.33 bits per heavy atom. The lowest BCUT2D eigenvalue weighted by Gasteiger charge is -2.25. The van der Waals surface area contributed by atoms with Crippen molar-refractivity contribution < 1.29 is 14.3 Å². The second-order valence-corrected chi connectivity index (χ2v) is 6.87. The van der Waals surface area contributed by atoms with E-state index in [1.165, 1.54) is 11.3 Å². The van der Waals surface area contributed by atoms with Gasteiger partial charge in [0.05, 0.1) is 12.2 Å². The van der Waals surface area contributed by atoms with Gasteiger partial charge in [-0.05, 0) is 39.2 Å². The summed E-state index contributed by atoms with van der Waals surface area (Å²) in [6.07, 6.45) is 4.94. The molecule has 4 nitrogen and oxygen atoms in total. The topological polar surface area (TPSA) is 55.4 Å². The van der Waals surface area contributed by atoms with Gasteiger partial charge in [0, 0.05) is 10.3 Å². The molecule has 1 aliphatic rings. The minimum atomic E-state index is -0.367. The summed E-state index contributed by atoms with van der Waals surface area (Å²) in [5, 5.41) is 3.60. The Balaban J connectivity index is 2.19. The van der Waals surface area contributed by atoms with Crippen LogP contribution in [0.25, 0.3) is 0 Å². The third kappa shape index (κ3) is 3.28. The first-order valence-corrected chi connectivity index (χ1v) is 8.43. The van der Waals surface area contributed by atoms with E-state index in [-0.39, 0.29) is 17.3 Å². The molecule has 1 amide bonds. The van der Waals surface area contributed by atoms with Crippen molar-refractivity contribution in [1.29, 1.82) is 0 Å². The number of ether oxygens (including phenoxy) is 1. The van der Waals surface area contributed by atoms with Crippen LogP contribution in [0.5, 0.6) is 0 Å². The molecule has 0 aliphatic heterocycles. The highest BCUT2D eigenvalue weighted by molar-refractivity contribution is 7.16. The minimum absolute atomic E-state index is 0.0508. The number of anilines is 1. The Kier molecular flexibility index (Phi) is 5.04. The van der Waals surface area contributed by atoms with Gasteiger partial charge in [0.1, 0.15) is 5.00 Å². The monoisotopic (exact) mass is 309 g/mol. The second-order valence-electron chi connectivity index (χ2n) is 5.62. The lowest BCUT2D eigenvalue weighted by Crippen LogP contribution is -2.33. The molecule has 0 spiro atoms. The Morgan fingerprint density at radius 3 is 2.57 bits per heavy atom. The van der Waals surface area contributed by atoms with Gasteiger partial charge in [-0.15, -0.1) is 11.3 Å². The van der Waals surface area contributed by atoms with Crippen LogP contribution in [0.2, 0.25) is 0 Å². The van der Waals surface area contributed by atoms with Gasteiger partial charge in [0.15, 0.2) is 0 Å². The maximum absolute atomic E-state index is 12.7. The predicted octanol–water partition coefficient (Wildman–Crippen LogP) is 4.14. The Morgan fingerprint density at radius 2 is 2.00 bits per heavy atom. The standard InChI is InChI=1S/C16H23NO3S/c1-4-16(8-6-7-9-16)15(19)17-13-12(10-11(3)21-13)14(18)20-5-2/h10H,4-9H2,1-3H3,(H,17,19). The molecule has 1 aromatic rings. The van der Waals surface area contributed by atoms with Crippen molar-refractivity contribution in [3.8, 4) is 0 Å². The largest absolute Gasteiger partial charge is 0.462 e. The van der Waals surface area contributed by atoms with E-state index < -0.39 is 0 Å². The van der Waals surface area contributed by atoms with Gasteiger partial charge in [-0.25, -0.2) is 4.79 Å². The van der Waals surface area contributed by atoms with Gasteiger partial charge in [0.25, 0.3) is 0 Å². The van der Waals surface area contributed by atoms with Crippen LogP contribution in [-0.4, -0.2) is 18.5 Å². The zero-order valence-electron chi connectivity index (χ0n) is 13.0. The Hall–Kier alpha value is -1.36. The summed E-state index contributed by atoms with van der Waals surface area (Å²) >= 11 is 1.43. The van der Waals surface area contributed by atoms with Crippen LogP contribution < -0.4 is 5.32 Å². The van der Waals surface area contributed by atoms with E-state index in [1.54, 1.807) is 13.0 Å². The van der Waals surface area contributed by atoms with Crippen molar-refractivity contribution >= 4 is 28.2 Å². The number of aryl methyl sites for hydroxylation is 1. The molecule has 1 saturated carbocycles. The zero-order valence-corrected chi connectivity index (χ0v) is 13.8. The Bertz CT molecular complexity index is 530. The summed E-state index contributed by atoms with van der Waals surface area (Å²) in [5.41, 5.74) is 0.209. The fourth-order valence-corrected chi connectivity index (χ4v) is 3.89. The first kappa shape index (κ1) is 16.0. The molecule has 21 heavy (non-hydrogen) atoms. The number of thiophene rings is 1. The molecular weight excluding hydrogens is 286 g/mol. The maximum atomic E-state index is 12.7. The maximum Gasteiger partial charge on any atom is 0.341 e. The number of carbonyl (C=O) groups excluding carboxylic acids is 2. The van der Waals surface area contributed by atoms with Gasteiger partial charge in [-0.1, -0.05) is 19.8 Å². The number of hydrogen-bond donors (Lipinski definition) is 1. The highest BCUT2D eigenvalue weighted by Gasteiger charge is 2.39. The minimum Gasteiger partial charge on any atom is -0.462 e. The van der Waals surface area contributed by atoms with Gasteiger partial charge < -0.3 is 10.1 Å². The number of rotatable bonds is 5. The van der Waals surface area contributed by atoms with Gasteiger partial charge in [-0.3, -0.25) is 4.79 Å². The summed E-state index contributed by atoms with van der Waals surface area (Å²) in [6, 6.07) is 1.78. The van der Waals surface area contributed by atoms with Crippen LogP contribution in [0.4, 0.5) is 5.00 Å². The lowest BCUT2D eigenvalue weighted by atomic mass is 9.82. The highest BCUT2D eigenvalue weighted by atomic mass is 32.1. The number of carbonyl (C=O) groups is 2. The molecule has 1 aromatic heterocycles. The molecule has 2 rings (SSSR count). The van der Waals surface area contributed by atoms with Crippen LogP contribution in [0.15, 0.2) is 6.07 Å². The number of esters is 1. The van der Waals surface area contributed by atoms with Crippen LogP contribution in [-0.2, 0) is 9.53 Å². The quantitative estimate of drug-likeness (QED) is 0.832. The van der Waals surface area contributed by atoms with E-state index in [4.69, 9.17) is 4.74 Å². The van der Waals surface area contributed by atoms with Crippen LogP contribution in [0, 0.1) is 12.3 Å². The molecule has 1 N–H and O–H groups in total. The molecule has 116 valence electrons. The van der Waals surface area contributed by atoms with E-state index in [0.29, 0.717) is 17.2 Å². The smallest absolute Gasteiger partial charge is 0.341 e. The van der Waals surface area contributed by atoms with E-state index >= 15 is 0 Å². The SMILES string of the molecule is CCOC(=O)c1cc(C)sc1NC(=O)C1(CC)CCCC1. The molecule has 0 aromatic carbocycles. The van der Waals surface area contributed by atoms with Crippen molar-refractivity contribution in [2.45, 2.75) is 52.9 Å². The number of nitrogens with one attached hydrogen (secondary N) is 1. The van der Waals surface area contributed by atoms with Crippen molar-refractivity contribution in [2.24, 2.45) is 5.41 Å². The molecule has 1 aliphatic carbocycles. The fraction of sp³-hybridized carbons (Fsp3) is 0.625. The third-order valence-corrected chi connectivity index (χ3v) is 5.26. The molecule has 1 fully saturated rings. The summed E-state index contributed by atoms with van der Waals surface area (Å²) in [7, 11) is 0. The van der Waals surface area contributed by atoms with Crippen LogP contribution in [0.3, 0.4) is 0 Å². The predicted molar refractivity (Wildman–Crippen MR) is 84.8 cm³/mol. The number of amides is 1. The van der Waals surface area contributed by atoms with E-state index in [1.807, 2.05) is 6.92 Å². The molecule has 0 unspecified atom stereocenters. The molecule has 5 heteroatoms. The average molecular weight is 309 g/mol. The Labute approximate surface area is 129 Å². The second kappa shape index (κ2) is 6.60. The van der Waals surface area contributed by atoms with Crippen molar-refractivity contribution in [1.82, 2.24) is 0 Å². The lowest BCUT2D eigenvalue weighted by molar-refractivity contribution is -0.125. The average Bonchev–Trinajstić information content (AvgIpc) is 3.06. The molecule has 0 bridgehead atoms. The van der Waals surface area contributed by atoms with E-state index in [0.717, 1.165) is 37.0 Å². The van der Waals surface area contributed by atoms with Gasteiger partial charge in [0.2, 0.25) is 5.91 Å². The summed E-state index contributed by atoms with van der Waals surface area (Å²) < 4.78 is 5.06. The third-order valence-electron chi connectivity index (χ3n) is 4.30. The normalized spacial score (nSPS) is 16.7. The van der Waals surface area contributed by atoms with E-state index in [9.17, 15) is 9.59 Å². The molecule has 0 atom stereocenters. The van der Waals surface area contributed by atoms with Crippen molar-refractivity contribution in [2.75, 3.05) is 11.9 Å². The van der Waals surface area contributed by atoms with Gasteiger partial charge >= 0.3 is 5.97 Å². The van der Waals surface area contributed by atoms with E-state index in [2.05, 4.69) is 12.2 Å². The van der Waals surface area contributed by atoms with Crippen molar-refractivity contribution in [3.63, 3.8) is 0 Å². The van der Waals surface area contributed by atoms with Crippen molar-refractivity contribution in [3.05, 3.63) is 16.5 Å². The molecule has 0 radical (unpaired) electrons. The number of hydrogen-bond acceptors (Lipinski definition) is 4. The first-order chi connectivity index (χ1) is 10.0. The summed E-state index contributed by atoms with van der Waals surface area (Å²) in [5.74, 6) is -0.316. The summed E-state index contributed by atoms with van der Waals surface area (Å²) in [6.45, 7) is 6.10. The highest BCUT2D eigenvalue weighted by Crippen LogP contribution is 2.42. The zero-order chi connectivity index (χ0) is 15.5. The molecule has 1 heterocycles. The van der Waals surface area contributed by atoms with Crippen LogP contribution >= 0.6 is 11.3 Å². The summed E-state index contributed by atoms with van der Waals surface area (Å²) in [4.78, 5) is 25.6. The molecule has 0 saturated heterocycles. The molecular formula is C16H23NO3S. The van der Waals surface area contributed by atoms with Crippen LogP contribution in [0.1, 0.15) is 61.2 Å². The fourth-order valence-electron chi connectivity index (χ4n) is 3.00. The van der Waals surface area contributed by atoms with Gasteiger partial charge in [-0.2, -0.15) is 0 Å².